The third-order valence-corrected chi connectivity index (χ3v) is 6.12. The van der Waals surface area contributed by atoms with Gasteiger partial charge in [-0.25, -0.2) is 32.5 Å². The quantitative estimate of drug-likeness (QED) is 0.331. The first-order valence-electron chi connectivity index (χ1n) is 11.1. The number of alkyl halides is 2. The molecule has 184 valence electrons. The van der Waals surface area contributed by atoms with Crippen LogP contribution in [0.4, 0.5) is 17.6 Å². The van der Waals surface area contributed by atoms with Gasteiger partial charge in [-0.3, -0.25) is 4.90 Å². The number of ether oxygens (including phenoxy) is 1. The Labute approximate surface area is 201 Å². The van der Waals surface area contributed by atoms with Crippen molar-refractivity contribution >= 4 is 22.2 Å². The fraction of sp³-hybridized carbons (Fsp3) is 0.250. The summed E-state index contributed by atoms with van der Waals surface area (Å²) in [6.07, 6.45) is 4.83. The number of imidazole rings is 1. The lowest BCUT2D eigenvalue weighted by atomic mass is 10.1. The molecule has 0 radical (unpaired) electrons. The molecule has 0 N–H and O–H groups in total. The molecule has 0 spiro atoms. The second-order valence-corrected chi connectivity index (χ2v) is 8.73. The van der Waals surface area contributed by atoms with Crippen molar-refractivity contribution in [1.82, 2.24) is 34.0 Å². The Morgan fingerprint density at radius 1 is 1.00 bits per heavy atom. The molecule has 0 saturated carbocycles. The molecule has 6 rings (SSSR count). The fourth-order valence-corrected chi connectivity index (χ4v) is 4.58. The number of hydrogen-bond donors (Lipinski definition) is 0. The molecular weight excluding hydrogens is 478 g/mol. The number of nitrogens with zero attached hydrogens (tertiary/aromatic N) is 7. The topological polar surface area (TPSA) is 73.9 Å². The van der Waals surface area contributed by atoms with Gasteiger partial charge in [0.15, 0.2) is 5.65 Å². The summed E-state index contributed by atoms with van der Waals surface area (Å²) in [5.74, 6) is -3.29. The number of pyridine rings is 1. The van der Waals surface area contributed by atoms with Crippen LogP contribution in [0.15, 0.2) is 49.1 Å². The zero-order valence-corrected chi connectivity index (χ0v) is 19.0. The van der Waals surface area contributed by atoms with E-state index < -0.39 is 17.6 Å². The van der Waals surface area contributed by atoms with E-state index in [4.69, 9.17) is 4.74 Å². The maximum absolute atomic E-state index is 13.9. The molecule has 0 atom stereocenters. The van der Waals surface area contributed by atoms with E-state index in [0.29, 0.717) is 45.2 Å². The van der Waals surface area contributed by atoms with Crippen LogP contribution in [-0.2, 0) is 13.1 Å². The highest BCUT2D eigenvalue weighted by atomic mass is 19.3. The highest BCUT2D eigenvalue weighted by molar-refractivity contribution is 5.83. The van der Waals surface area contributed by atoms with Gasteiger partial charge in [-0.1, -0.05) is 0 Å². The van der Waals surface area contributed by atoms with E-state index in [-0.39, 0.29) is 26.2 Å². The summed E-state index contributed by atoms with van der Waals surface area (Å²) in [5, 5.41) is 0. The highest BCUT2D eigenvalue weighted by Gasteiger charge is 2.44. The van der Waals surface area contributed by atoms with Crippen LogP contribution in [-0.4, -0.2) is 60.1 Å². The standard InChI is InChI=1S/C24H19F4N7O/c1-36-23-21-18(30-13-31-23)2-3-34(21)17-7-19-22(29-8-17)32-20(10-33-11-24(27,28)12-33)35(19)9-14-4-15(25)6-16(26)5-14/h2-8,13H,9-12H2,1H3. The van der Waals surface area contributed by atoms with Crippen LogP contribution < -0.4 is 4.74 Å². The average molecular weight is 497 g/mol. The molecule has 1 aliphatic heterocycles. The molecule has 5 heterocycles. The number of rotatable bonds is 6. The Hall–Kier alpha value is -4.06. The van der Waals surface area contributed by atoms with Crippen molar-refractivity contribution in [2.75, 3.05) is 20.2 Å². The van der Waals surface area contributed by atoms with Crippen LogP contribution in [0.25, 0.3) is 27.9 Å². The third kappa shape index (κ3) is 3.92. The minimum absolute atomic E-state index is 0.0781. The largest absolute Gasteiger partial charge is 0.479 e. The summed E-state index contributed by atoms with van der Waals surface area (Å²) in [6, 6.07) is 6.90. The monoisotopic (exact) mass is 497 g/mol. The number of hydrogen-bond acceptors (Lipinski definition) is 6. The molecule has 0 bridgehead atoms. The molecule has 12 heteroatoms. The second kappa shape index (κ2) is 8.26. The molecule has 5 aromatic rings. The molecule has 36 heavy (non-hydrogen) atoms. The zero-order valence-electron chi connectivity index (χ0n) is 19.0. The Kier molecular flexibility index (Phi) is 5.14. The van der Waals surface area contributed by atoms with Crippen molar-refractivity contribution in [2.24, 2.45) is 0 Å². The van der Waals surface area contributed by atoms with Gasteiger partial charge in [0, 0.05) is 18.8 Å². The van der Waals surface area contributed by atoms with Crippen LogP contribution in [0, 0.1) is 11.6 Å². The predicted molar refractivity (Wildman–Crippen MR) is 122 cm³/mol. The molecule has 1 aliphatic rings. The molecular formula is C24H19F4N7O. The van der Waals surface area contributed by atoms with Gasteiger partial charge in [-0.2, -0.15) is 4.98 Å². The molecule has 0 aliphatic carbocycles. The van der Waals surface area contributed by atoms with Gasteiger partial charge in [0.2, 0.25) is 5.88 Å². The first kappa shape index (κ1) is 22.4. The molecule has 8 nitrogen and oxygen atoms in total. The second-order valence-electron chi connectivity index (χ2n) is 8.73. The van der Waals surface area contributed by atoms with Crippen LogP contribution in [0.2, 0.25) is 0 Å². The normalized spacial score (nSPS) is 15.5. The number of benzene rings is 1. The summed E-state index contributed by atoms with van der Waals surface area (Å²) >= 11 is 0. The van der Waals surface area contributed by atoms with E-state index in [1.165, 1.54) is 25.6 Å². The van der Waals surface area contributed by atoms with Crippen LogP contribution in [0.5, 0.6) is 5.88 Å². The molecule has 0 amide bonds. The summed E-state index contributed by atoms with van der Waals surface area (Å²) < 4.78 is 63.7. The third-order valence-electron chi connectivity index (χ3n) is 6.12. The summed E-state index contributed by atoms with van der Waals surface area (Å²) in [5.41, 5.74) is 3.30. The van der Waals surface area contributed by atoms with E-state index in [1.807, 2.05) is 16.7 Å². The zero-order chi connectivity index (χ0) is 25.0. The van der Waals surface area contributed by atoms with Gasteiger partial charge < -0.3 is 13.9 Å². The van der Waals surface area contributed by atoms with Crippen molar-refractivity contribution in [1.29, 1.82) is 0 Å². The number of halogens is 4. The average Bonchev–Trinajstić information content (AvgIpc) is 3.38. The lowest BCUT2D eigenvalue weighted by Gasteiger charge is -2.38. The number of likely N-dealkylation sites (tertiary alicyclic amines) is 1. The number of methoxy groups -OCH3 is 1. The Morgan fingerprint density at radius 2 is 1.78 bits per heavy atom. The maximum Gasteiger partial charge on any atom is 0.272 e. The van der Waals surface area contributed by atoms with Crippen molar-refractivity contribution in [2.45, 2.75) is 19.0 Å². The van der Waals surface area contributed by atoms with Crippen LogP contribution in [0.1, 0.15) is 11.4 Å². The van der Waals surface area contributed by atoms with E-state index >= 15 is 0 Å². The minimum atomic E-state index is -2.73. The van der Waals surface area contributed by atoms with Crippen molar-refractivity contribution in [3.8, 4) is 11.6 Å². The van der Waals surface area contributed by atoms with E-state index in [2.05, 4.69) is 19.9 Å². The smallest absolute Gasteiger partial charge is 0.272 e. The molecule has 1 fully saturated rings. The van der Waals surface area contributed by atoms with Gasteiger partial charge in [0.05, 0.1) is 49.7 Å². The summed E-state index contributed by atoms with van der Waals surface area (Å²) in [4.78, 5) is 19.0. The Morgan fingerprint density at radius 3 is 2.50 bits per heavy atom. The van der Waals surface area contributed by atoms with Gasteiger partial charge in [0.1, 0.15) is 29.3 Å². The lowest BCUT2D eigenvalue weighted by Crippen LogP contribution is -2.55. The summed E-state index contributed by atoms with van der Waals surface area (Å²) in [7, 11) is 1.51. The Balaban J connectivity index is 1.47. The summed E-state index contributed by atoms with van der Waals surface area (Å²) in [6.45, 7) is -0.529. The van der Waals surface area contributed by atoms with Crippen LogP contribution >= 0.6 is 0 Å². The van der Waals surface area contributed by atoms with Gasteiger partial charge >= 0.3 is 0 Å². The SMILES string of the molecule is COc1ncnc2ccn(-c3cnc4nc(CN5CC(F)(F)C5)n(Cc5cc(F)cc(F)c5)c4c3)c12. The molecule has 4 aromatic heterocycles. The van der Waals surface area contributed by atoms with E-state index in [1.54, 1.807) is 21.9 Å². The van der Waals surface area contributed by atoms with Crippen molar-refractivity contribution in [3.63, 3.8) is 0 Å². The van der Waals surface area contributed by atoms with Gasteiger partial charge in [0.25, 0.3) is 5.92 Å². The lowest BCUT2D eigenvalue weighted by molar-refractivity contribution is -0.134. The number of aromatic nitrogens is 6. The molecule has 1 saturated heterocycles. The van der Waals surface area contributed by atoms with Crippen molar-refractivity contribution < 1.29 is 22.3 Å². The first-order chi connectivity index (χ1) is 17.3. The maximum atomic E-state index is 13.9. The highest BCUT2D eigenvalue weighted by Crippen LogP contribution is 2.30. The number of fused-ring (bicyclic) bond motifs is 2. The van der Waals surface area contributed by atoms with E-state index in [9.17, 15) is 17.6 Å². The predicted octanol–water partition coefficient (Wildman–Crippen LogP) is 3.95. The molecule has 1 aromatic carbocycles. The Bertz CT molecular complexity index is 1590. The van der Waals surface area contributed by atoms with Gasteiger partial charge in [-0.05, 0) is 29.8 Å². The van der Waals surface area contributed by atoms with Crippen LogP contribution in [0.3, 0.4) is 0 Å². The van der Waals surface area contributed by atoms with Crippen molar-refractivity contribution in [3.05, 3.63) is 72.1 Å². The minimum Gasteiger partial charge on any atom is -0.479 e. The fourth-order valence-electron chi connectivity index (χ4n) is 4.58. The molecule has 0 unspecified atom stereocenters. The first-order valence-corrected chi connectivity index (χ1v) is 11.1. The van der Waals surface area contributed by atoms with E-state index in [0.717, 1.165) is 6.07 Å². The van der Waals surface area contributed by atoms with Gasteiger partial charge in [-0.15, -0.1) is 0 Å².